The number of para-hydroxylation sites is 1. The van der Waals surface area contributed by atoms with Crippen LogP contribution in [0.1, 0.15) is 52.7 Å². The van der Waals surface area contributed by atoms with Crippen LogP contribution in [0.3, 0.4) is 0 Å². The lowest BCUT2D eigenvalue weighted by Gasteiger charge is -2.24. The molecule has 5 nitrogen and oxygen atoms in total. The van der Waals surface area contributed by atoms with Crippen LogP contribution in [-0.2, 0) is 12.0 Å². The van der Waals surface area contributed by atoms with Crippen LogP contribution in [-0.4, -0.2) is 21.3 Å². The largest absolute Gasteiger partial charge is 0.278 e. The van der Waals surface area contributed by atoms with Crippen molar-refractivity contribution in [3.8, 4) is 16.8 Å². The highest BCUT2D eigenvalue weighted by molar-refractivity contribution is 9.10. The molecule has 4 aromatic rings. The number of benzene rings is 3. The van der Waals surface area contributed by atoms with Crippen LogP contribution in [0.25, 0.3) is 16.8 Å². The molecule has 0 unspecified atom stereocenters. The van der Waals surface area contributed by atoms with Crippen LogP contribution in [0, 0.1) is 0 Å². The highest BCUT2D eigenvalue weighted by atomic mass is 79.9. The third-order valence-corrected chi connectivity index (χ3v) is 6.95. The van der Waals surface area contributed by atoms with Crippen molar-refractivity contribution in [2.45, 2.75) is 32.7 Å². The Labute approximate surface area is 218 Å². The van der Waals surface area contributed by atoms with Gasteiger partial charge < -0.3 is 0 Å². The van der Waals surface area contributed by atoms with Crippen molar-refractivity contribution in [3.05, 3.63) is 122 Å². The van der Waals surface area contributed by atoms with Crippen molar-refractivity contribution in [3.63, 3.8) is 0 Å². The minimum atomic E-state index is -0.475. The first-order valence-corrected chi connectivity index (χ1v) is 12.5. The van der Waals surface area contributed by atoms with Crippen molar-refractivity contribution in [2.75, 3.05) is 0 Å². The Hall–Kier alpha value is -3.77. The predicted molar refractivity (Wildman–Crippen MR) is 145 cm³/mol. The maximum atomic E-state index is 13.9. The number of hydrogen-bond acceptors (Lipinski definition) is 3. The molecule has 3 aromatic carbocycles. The number of amides is 2. The number of halogens is 1. The Morgan fingerprint density at radius 1 is 0.778 bits per heavy atom. The predicted octanol–water partition coefficient (Wildman–Crippen LogP) is 6.36. The molecule has 0 spiro atoms. The van der Waals surface area contributed by atoms with Gasteiger partial charge in [0.1, 0.15) is 5.69 Å². The van der Waals surface area contributed by atoms with E-state index >= 15 is 0 Å². The van der Waals surface area contributed by atoms with Crippen LogP contribution in [0.15, 0.2) is 94.2 Å². The Balaban J connectivity index is 1.77. The number of aromatic nitrogens is 1. The molecule has 0 radical (unpaired) electrons. The van der Waals surface area contributed by atoms with E-state index in [0.717, 1.165) is 15.6 Å². The number of imide groups is 1. The zero-order valence-corrected chi connectivity index (χ0v) is 21.9. The third-order valence-electron chi connectivity index (χ3n) is 6.42. The Kier molecular flexibility index (Phi) is 6.00. The fraction of sp³-hybridized carbons (Fsp3) is 0.167. The van der Waals surface area contributed by atoms with Crippen molar-refractivity contribution in [2.24, 2.45) is 0 Å². The first-order valence-electron chi connectivity index (χ1n) is 11.7. The van der Waals surface area contributed by atoms with Gasteiger partial charge in [0.05, 0.1) is 17.8 Å². The van der Waals surface area contributed by atoms with E-state index in [4.69, 9.17) is 0 Å². The molecule has 0 aliphatic carbocycles. The molecule has 0 atom stereocenters. The summed E-state index contributed by atoms with van der Waals surface area (Å²) in [6.45, 7) is 6.29. The van der Waals surface area contributed by atoms with E-state index in [1.807, 2.05) is 78.9 Å². The summed E-state index contributed by atoms with van der Waals surface area (Å²) in [5.41, 5.74) is 3.25. The molecule has 5 rings (SSSR count). The second kappa shape index (κ2) is 9.03. The van der Waals surface area contributed by atoms with Crippen molar-refractivity contribution < 1.29 is 9.59 Å². The van der Waals surface area contributed by atoms with Crippen LogP contribution in [0.2, 0.25) is 0 Å². The molecule has 0 saturated heterocycles. The lowest BCUT2D eigenvalue weighted by atomic mass is 9.85. The number of hydrogen-bond donors (Lipinski definition) is 0. The lowest BCUT2D eigenvalue weighted by Crippen LogP contribution is -2.31. The van der Waals surface area contributed by atoms with Gasteiger partial charge in [0.2, 0.25) is 0 Å². The zero-order chi connectivity index (χ0) is 25.6. The van der Waals surface area contributed by atoms with E-state index < -0.39 is 11.8 Å². The minimum absolute atomic E-state index is 0.111. The van der Waals surface area contributed by atoms with Crippen LogP contribution in [0.5, 0.6) is 0 Å². The van der Waals surface area contributed by atoms with Crippen molar-refractivity contribution >= 4 is 27.7 Å². The van der Waals surface area contributed by atoms with Gasteiger partial charge in [-0.05, 0) is 40.3 Å². The van der Waals surface area contributed by atoms with Gasteiger partial charge >= 0.3 is 0 Å². The molecule has 1 aliphatic heterocycles. The molecule has 36 heavy (non-hydrogen) atoms. The summed E-state index contributed by atoms with van der Waals surface area (Å²) < 4.78 is 2.33. The van der Waals surface area contributed by atoms with Gasteiger partial charge in [0.25, 0.3) is 17.4 Å². The van der Waals surface area contributed by atoms with E-state index in [-0.39, 0.29) is 28.8 Å². The van der Waals surface area contributed by atoms with E-state index in [2.05, 4.69) is 36.7 Å². The summed E-state index contributed by atoms with van der Waals surface area (Å²) in [4.78, 5) is 42.7. The second-order valence-electron chi connectivity index (χ2n) is 9.91. The van der Waals surface area contributed by atoms with E-state index in [1.165, 1.54) is 15.5 Å². The number of fused-ring (bicyclic) bond motifs is 1. The molecule has 2 heterocycles. The van der Waals surface area contributed by atoms with E-state index in [1.54, 1.807) is 0 Å². The third kappa shape index (κ3) is 4.11. The molecule has 6 heteroatoms. The first-order chi connectivity index (χ1) is 17.2. The molecule has 2 amide bonds. The summed E-state index contributed by atoms with van der Waals surface area (Å²) in [7, 11) is 0. The van der Waals surface area contributed by atoms with Gasteiger partial charge in [0.15, 0.2) is 0 Å². The molecule has 1 aliphatic rings. The van der Waals surface area contributed by atoms with Gasteiger partial charge in [-0.3, -0.25) is 23.9 Å². The van der Waals surface area contributed by atoms with Crippen LogP contribution >= 0.6 is 15.9 Å². The quantitative estimate of drug-likeness (QED) is 0.283. The summed E-state index contributed by atoms with van der Waals surface area (Å²) in [5, 5.41) is 0. The summed E-state index contributed by atoms with van der Waals surface area (Å²) in [6, 6.07) is 25.8. The number of nitrogens with zero attached hydrogens (tertiary/aromatic N) is 2. The fourth-order valence-electron chi connectivity index (χ4n) is 4.69. The molecule has 0 bridgehead atoms. The SMILES string of the molecule is CC(C)(C)c1ccccc1-n1c2c(c(-c3ccccc3)cc1=O)C(=O)N(Cc1ccc(Br)cc1)C2=O. The first kappa shape index (κ1) is 23.9. The molecule has 1 aromatic heterocycles. The van der Waals surface area contributed by atoms with Gasteiger partial charge in [-0.15, -0.1) is 0 Å². The smallest absolute Gasteiger partial charge is 0.271 e. The van der Waals surface area contributed by atoms with Crippen molar-refractivity contribution in [1.29, 1.82) is 0 Å². The molecular formula is C30H25BrN2O3. The second-order valence-corrected chi connectivity index (χ2v) is 10.8. The van der Waals surface area contributed by atoms with Gasteiger partial charge in [0, 0.05) is 16.1 Å². The molecule has 0 fully saturated rings. The normalized spacial score (nSPS) is 13.3. The summed E-state index contributed by atoms with van der Waals surface area (Å²) in [5.74, 6) is -0.879. The highest BCUT2D eigenvalue weighted by Crippen LogP contribution is 2.36. The van der Waals surface area contributed by atoms with Gasteiger partial charge in [-0.2, -0.15) is 0 Å². The van der Waals surface area contributed by atoms with E-state index in [9.17, 15) is 14.4 Å². The number of pyridine rings is 1. The minimum Gasteiger partial charge on any atom is -0.271 e. The zero-order valence-electron chi connectivity index (χ0n) is 20.3. The number of carbonyl (C=O) groups is 2. The molecular weight excluding hydrogens is 516 g/mol. The topological polar surface area (TPSA) is 59.4 Å². The standard InChI is InChI=1S/C30H25BrN2O3/c1-30(2,3)23-11-7-8-12-24(23)33-25(34)17-22(20-9-5-4-6-10-20)26-27(33)29(36)32(28(26)35)18-19-13-15-21(31)16-14-19/h4-17H,18H2,1-3H3. The Morgan fingerprint density at radius 3 is 2.08 bits per heavy atom. The monoisotopic (exact) mass is 540 g/mol. The summed E-state index contributed by atoms with van der Waals surface area (Å²) in [6.07, 6.45) is 0. The van der Waals surface area contributed by atoms with Crippen LogP contribution in [0.4, 0.5) is 0 Å². The number of rotatable bonds is 4. The fourth-order valence-corrected chi connectivity index (χ4v) is 4.95. The van der Waals surface area contributed by atoms with E-state index in [0.29, 0.717) is 16.8 Å². The average molecular weight is 541 g/mol. The maximum absolute atomic E-state index is 13.9. The highest BCUT2D eigenvalue weighted by Gasteiger charge is 2.41. The van der Waals surface area contributed by atoms with Crippen LogP contribution < -0.4 is 5.56 Å². The average Bonchev–Trinajstić information content (AvgIpc) is 3.10. The lowest BCUT2D eigenvalue weighted by molar-refractivity contribution is 0.0639. The Bertz CT molecular complexity index is 1550. The maximum Gasteiger partial charge on any atom is 0.278 e. The van der Waals surface area contributed by atoms with Crippen molar-refractivity contribution in [1.82, 2.24) is 9.47 Å². The Morgan fingerprint density at radius 2 is 1.42 bits per heavy atom. The summed E-state index contributed by atoms with van der Waals surface area (Å²) >= 11 is 3.42. The number of carbonyl (C=O) groups excluding carboxylic acids is 2. The molecule has 180 valence electrons. The van der Waals surface area contributed by atoms with Gasteiger partial charge in [-0.1, -0.05) is 97.4 Å². The molecule has 0 saturated carbocycles. The molecule has 0 N–H and O–H groups in total. The van der Waals surface area contributed by atoms with Gasteiger partial charge in [-0.25, -0.2) is 0 Å².